The van der Waals surface area contributed by atoms with Gasteiger partial charge in [0.2, 0.25) is 0 Å². The predicted octanol–water partition coefficient (Wildman–Crippen LogP) is 2.02. The lowest BCUT2D eigenvalue weighted by molar-refractivity contribution is -0.107. The number of hydrogen-bond donors (Lipinski definition) is 3. The number of aldehydes is 1. The Bertz CT molecular complexity index is 1070. The summed E-state index contributed by atoms with van der Waals surface area (Å²) in [6, 6.07) is 7.18. The van der Waals surface area contributed by atoms with Gasteiger partial charge in [-0.3, -0.25) is 20.5 Å². The number of aromatic nitrogens is 2. The first-order valence-electron chi connectivity index (χ1n) is 10.9. The van der Waals surface area contributed by atoms with E-state index in [1.165, 1.54) is 4.90 Å². The lowest BCUT2D eigenvalue weighted by atomic mass is 10.1. The molecule has 0 spiro atoms. The van der Waals surface area contributed by atoms with Crippen molar-refractivity contribution in [1.82, 2.24) is 20.2 Å². The Hall–Kier alpha value is -3.66. The number of pyridine rings is 2. The van der Waals surface area contributed by atoms with Crippen LogP contribution < -0.4 is 15.1 Å². The molecule has 2 aromatic rings. The zero-order chi connectivity index (χ0) is 24.1. The summed E-state index contributed by atoms with van der Waals surface area (Å²) < 4.78 is 0. The molecule has 3 N–H and O–H groups in total. The maximum Gasteiger partial charge on any atom is 0.260 e. The van der Waals surface area contributed by atoms with Crippen molar-refractivity contribution in [2.45, 2.75) is 39.9 Å². The Balaban J connectivity index is 1.98. The Morgan fingerprint density at radius 1 is 1.33 bits per heavy atom. The van der Waals surface area contributed by atoms with E-state index in [4.69, 9.17) is 15.8 Å². The molecule has 0 saturated carbocycles. The largest absolute Gasteiger partial charge is 0.357 e. The van der Waals surface area contributed by atoms with Crippen LogP contribution >= 0.6 is 0 Å². The number of anilines is 2. The van der Waals surface area contributed by atoms with E-state index < -0.39 is 0 Å². The van der Waals surface area contributed by atoms with Crippen LogP contribution in [0.5, 0.6) is 0 Å². The van der Waals surface area contributed by atoms with Crippen LogP contribution in [0.1, 0.15) is 48.1 Å². The third kappa shape index (κ3) is 4.90. The van der Waals surface area contributed by atoms with Gasteiger partial charge in [-0.2, -0.15) is 0 Å². The molecule has 0 fully saturated rings. The molecule has 2 aromatic heterocycles. The highest BCUT2D eigenvalue weighted by Crippen LogP contribution is 2.32. The van der Waals surface area contributed by atoms with Gasteiger partial charge in [-0.15, -0.1) is 0 Å². The molecule has 10 nitrogen and oxygen atoms in total. The van der Waals surface area contributed by atoms with Gasteiger partial charge in [0.05, 0.1) is 30.7 Å². The first-order valence-corrected chi connectivity index (χ1v) is 10.9. The van der Waals surface area contributed by atoms with Gasteiger partial charge in [0.15, 0.2) is 5.84 Å². The summed E-state index contributed by atoms with van der Waals surface area (Å²) in [6.45, 7) is 7.28. The van der Waals surface area contributed by atoms with E-state index in [9.17, 15) is 9.59 Å². The molecule has 0 saturated heterocycles. The monoisotopic (exact) mass is 450 g/mol. The van der Waals surface area contributed by atoms with Crippen molar-refractivity contribution in [2.24, 2.45) is 0 Å². The van der Waals surface area contributed by atoms with E-state index in [-0.39, 0.29) is 24.3 Å². The van der Waals surface area contributed by atoms with Gasteiger partial charge in [-0.25, -0.2) is 9.97 Å². The second-order valence-electron chi connectivity index (χ2n) is 7.99. The molecule has 10 heteroatoms. The summed E-state index contributed by atoms with van der Waals surface area (Å²) in [5.41, 5.74) is 2.47. The van der Waals surface area contributed by atoms with Crippen molar-refractivity contribution < 1.29 is 9.59 Å². The van der Waals surface area contributed by atoms with E-state index >= 15 is 0 Å². The molecule has 3 heterocycles. The summed E-state index contributed by atoms with van der Waals surface area (Å²) in [6.07, 6.45) is 1.88. The van der Waals surface area contributed by atoms with E-state index in [1.54, 1.807) is 29.2 Å². The van der Waals surface area contributed by atoms with E-state index in [0.717, 1.165) is 23.9 Å². The SMILES string of the molecule is CCN(C=N)C(=N)c1cccc(N2Cc3c(cc(N(C)C(C)C)nc3CNCC=O)C2=O)n1. The summed E-state index contributed by atoms with van der Waals surface area (Å²) in [5, 5.41) is 18.9. The second-order valence-corrected chi connectivity index (χ2v) is 7.99. The van der Waals surface area contributed by atoms with Crippen molar-refractivity contribution in [3.63, 3.8) is 0 Å². The minimum absolute atomic E-state index is 0.0970. The van der Waals surface area contributed by atoms with Crippen molar-refractivity contribution >= 4 is 36.0 Å². The number of amides is 1. The molecular formula is C23H30N8O2. The third-order valence-corrected chi connectivity index (χ3v) is 5.68. The van der Waals surface area contributed by atoms with Crippen LogP contribution in [-0.4, -0.2) is 65.4 Å². The normalized spacial score (nSPS) is 12.6. The third-order valence-electron chi connectivity index (χ3n) is 5.68. The van der Waals surface area contributed by atoms with Crippen LogP contribution in [0.25, 0.3) is 0 Å². The second kappa shape index (κ2) is 10.3. The molecule has 0 bridgehead atoms. The highest BCUT2D eigenvalue weighted by Gasteiger charge is 2.33. The average molecular weight is 451 g/mol. The van der Waals surface area contributed by atoms with Gasteiger partial charge in [0, 0.05) is 31.7 Å². The topological polar surface area (TPSA) is 129 Å². The molecule has 0 radical (unpaired) electrons. The number of amidine groups is 1. The molecule has 1 aliphatic rings. The van der Waals surface area contributed by atoms with Gasteiger partial charge in [0.1, 0.15) is 23.6 Å². The fraction of sp³-hybridized carbons (Fsp3) is 0.391. The van der Waals surface area contributed by atoms with Gasteiger partial charge in [0.25, 0.3) is 5.91 Å². The van der Waals surface area contributed by atoms with E-state index in [2.05, 4.69) is 10.3 Å². The molecule has 0 aliphatic carbocycles. The fourth-order valence-electron chi connectivity index (χ4n) is 3.54. The first kappa shape index (κ1) is 24.0. The number of nitrogens with zero attached hydrogens (tertiary/aromatic N) is 5. The zero-order valence-corrected chi connectivity index (χ0v) is 19.4. The molecular weight excluding hydrogens is 420 g/mol. The quantitative estimate of drug-likeness (QED) is 0.219. The van der Waals surface area contributed by atoms with Crippen LogP contribution in [0, 0.1) is 10.8 Å². The van der Waals surface area contributed by atoms with Crippen molar-refractivity contribution in [1.29, 1.82) is 10.8 Å². The van der Waals surface area contributed by atoms with Gasteiger partial charge in [-0.1, -0.05) is 6.07 Å². The lowest BCUT2D eigenvalue weighted by Crippen LogP contribution is -2.31. The van der Waals surface area contributed by atoms with Crippen LogP contribution in [-0.2, 0) is 17.9 Å². The number of hydrogen-bond acceptors (Lipinski definition) is 8. The average Bonchev–Trinajstić information content (AvgIpc) is 3.16. The van der Waals surface area contributed by atoms with Crippen molar-refractivity contribution in [3.8, 4) is 0 Å². The van der Waals surface area contributed by atoms with Crippen molar-refractivity contribution in [2.75, 3.05) is 29.9 Å². The molecule has 1 amide bonds. The van der Waals surface area contributed by atoms with Crippen LogP contribution in [0.3, 0.4) is 0 Å². The highest BCUT2D eigenvalue weighted by atomic mass is 16.2. The number of rotatable bonds is 10. The molecule has 174 valence electrons. The molecule has 0 atom stereocenters. The number of carbonyl (C=O) groups excluding carboxylic acids is 2. The zero-order valence-electron chi connectivity index (χ0n) is 19.4. The fourth-order valence-corrected chi connectivity index (χ4v) is 3.54. The first-order chi connectivity index (χ1) is 15.8. The minimum Gasteiger partial charge on any atom is -0.357 e. The molecule has 3 rings (SSSR count). The van der Waals surface area contributed by atoms with Crippen LogP contribution in [0.4, 0.5) is 11.6 Å². The number of carbonyl (C=O) groups is 2. The minimum atomic E-state index is -0.182. The predicted molar refractivity (Wildman–Crippen MR) is 128 cm³/mol. The highest BCUT2D eigenvalue weighted by molar-refractivity contribution is 6.10. The standard InChI is InChI=1S/C23H30N8O2/c1-5-30(14-24)22(25)18-7-6-8-20(27-18)31-13-17-16(23(31)33)11-21(29(4)15(2)3)28-19(17)12-26-9-10-32/h6-8,10-11,14-15,24-26H,5,9,12-13H2,1-4H3. The lowest BCUT2D eigenvalue weighted by Gasteiger charge is -2.24. The molecule has 0 aromatic carbocycles. The van der Waals surface area contributed by atoms with Gasteiger partial charge < -0.3 is 19.9 Å². The molecule has 0 unspecified atom stereocenters. The Morgan fingerprint density at radius 2 is 2.09 bits per heavy atom. The number of nitrogens with one attached hydrogen (secondary N) is 3. The number of fused-ring (bicyclic) bond motifs is 1. The maximum atomic E-state index is 13.4. The molecule has 33 heavy (non-hydrogen) atoms. The van der Waals surface area contributed by atoms with Crippen molar-refractivity contribution in [3.05, 3.63) is 46.8 Å². The van der Waals surface area contributed by atoms with E-state index in [1.807, 2.05) is 32.7 Å². The summed E-state index contributed by atoms with van der Waals surface area (Å²) in [7, 11) is 1.93. The summed E-state index contributed by atoms with van der Waals surface area (Å²) in [5.74, 6) is 1.04. The molecule has 1 aliphatic heterocycles. The maximum absolute atomic E-state index is 13.4. The Labute approximate surface area is 193 Å². The van der Waals surface area contributed by atoms with E-state index in [0.29, 0.717) is 42.5 Å². The van der Waals surface area contributed by atoms with Gasteiger partial charge in [-0.05, 0) is 39.0 Å². The van der Waals surface area contributed by atoms with Crippen LogP contribution in [0.2, 0.25) is 0 Å². The Kier molecular flexibility index (Phi) is 7.49. The van der Waals surface area contributed by atoms with Gasteiger partial charge >= 0.3 is 0 Å². The summed E-state index contributed by atoms with van der Waals surface area (Å²) in [4.78, 5) is 38.5. The summed E-state index contributed by atoms with van der Waals surface area (Å²) >= 11 is 0. The Morgan fingerprint density at radius 3 is 2.73 bits per heavy atom. The van der Waals surface area contributed by atoms with Crippen LogP contribution in [0.15, 0.2) is 24.3 Å². The smallest absolute Gasteiger partial charge is 0.260 e.